The molecule has 0 spiro atoms. The highest BCUT2D eigenvalue weighted by Crippen LogP contribution is 2.39. The Hall–Kier alpha value is -4.10. The summed E-state index contributed by atoms with van der Waals surface area (Å²) < 4.78 is 11.0. The summed E-state index contributed by atoms with van der Waals surface area (Å²) in [6.07, 6.45) is 0. The minimum Gasteiger partial charge on any atom is -0.497 e. The van der Waals surface area contributed by atoms with Gasteiger partial charge in [-0.25, -0.2) is 4.79 Å². The predicted molar refractivity (Wildman–Crippen MR) is 135 cm³/mol. The Balaban J connectivity index is 1.64. The second-order valence-electron chi connectivity index (χ2n) is 8.26. The number of aromatic nitrogens is 2. The maximum Gasteiger partial charge on any atom is 0.326 e. The van der Waals surface area contributed by atoms with Gasteiger partial charge in [-0.3, -0.25) is 4.90 Å². The highest BCUT2D eigenvalue weighted by atomic mass is 35.5. The van der Waals surface area contributed by atoms with Crippen LogP contribution in [0, 0.1) is 6.92 Å². The molecular formula is C27H23ClN4O3. The molecule has 1 N–H and O–H groups in total. The van der Waals surface area contributed by atoms with E-state index >= 15 is 0 Å². The summed E-state index contributed by atoms with van der Waals surface area (Å²) in [7, 11) is 1.61. The Bertz CT molecular complexity index is 1410. The topological polar surface area (TPSA) is 80.5 Å². The fourth-order valence-corrected chi connectivity index (χ4v) is 4.34. The van der Waals surface area contributed by atoms with E-state index in [4.69, 9.17) is 20.9 Å². The average Bonchev–Trinajstić information content (AvgIpc) is 3.35. The summed E-state index contributed by atoms with van der Waals surface area (Å²) in [6, 6.07) is 21.8. The van der Waals surface area contributed by atoms with Crippen LogP contribution in [-0.2, 0) is 0 Å². The van der Waals surface area contributed by atoms with Crippen LogP contribution in [0.3, 0.4) is 0 Å². The van der Waals surface area contributed by atoms with Crippen LogP contribution >= 0.6 is 11.6 Å². The Morgan fingerprint density at radius 2 is 1.77 bits per heavy atom. The van der Waals surface area contributed by atoms with Crippen LogP contribution in [-0.4, -0.2) is 23.3 Å². The summed E-state index contributed by atoms with van der Waals surface area (Å²) in [5.74, 6) is 1.45. The Labute approximate surface area is 208 Å². The molecule has 5 rings (SSSR count). The Kier molecular flexibility index (Phi) is 6.01. The van der Waals surface area contributed by atoms with E-state index in [9.17, 15) is 4.79 Å². The van der Waals surface area contributed by atoms with Crippen LogP contribution in [0.1, 0.15) is 30.0 Å². The summed E-state index contributed by atoms with van der Waals surface area (Å²) in [5, 5.41) is 7.88. The van der Waals surface area contributed by atoms with Crippen LogP contribution in [0.2, 0.25) is 5.02 Å². The molecule has 1 atom stereocenters. The number of halogens is 1. The van der Waals surface area contributed by atoms with Crippen molar-refractivity contribution < 1.29 is 14.1 Å². The van der Waals surface area contributed by atoms with Gasteiger partial charge >= 0.3 is 6.03 Å². The average molecular weight is 487 g/mol. The number of hydrogen-bond donors (Lipinski definition) is 1. The molecular weight excluding hydrogens is 464 g/mol. The summed E-state index contributed by atoms with van der Waals surface area (Å²) >= 11 is 6.16. The summed E-state index contributed by atoms with van der Waals surface area (Å²) in [6.45, 7) is 3.89. The van der Waals surface area contributed by atoms with Crippen molar-refractivity contribution in [3.63, 3.8) is 0 Å². The van der Waals surface area contributed by atoms with Gasteiger partial charge in [-0.05, 0) is 55.8 Å². The van der Waals surface area contributed by atoms with Crippen molar-refractivity contribution in [1.82, 2.24) is 15.5 Å². The van der Waals surface area contributed by atoms with Gasteiger partial charge in [0.05, 0.1) is 24.4 Å². The molecule has 1 aliphatic rings. The fraction of sp³-hybridized carbons (Fsp3) is 0.148. The minimum absolute atomic E-state index is 0.245. The number of aryl methyl sites for hydroxylation is 1. The molecule has 2 amide bonds. The predicted octanol–water partition coefficient (Wildman–Crippen LogP) is 6.41. The molecule has 1 aromatic heterocycles. The van der Waals surface area contributed by atoms with Crippen molar-refractivity contribution in [3.05, 3.63) is 101 Å². The second-order valence-corrected chi connectivity index (χ2v) is 8.70. The van der Waals surface area contributed by atoms with Gasteiger partial charge in [-0.2, -0.15) is 4.98 Å². The third-order valence-electron chi connectivity index (χ3n) is 5.97. The van der Waals surface area contributed by atoms with E-state index in [1.165, 1.54) is 0 Å². The molecule has 0 aliphatic carbocycles. The van der Waals surface area contributed by atoms with E-state index in [0.29, 0.717) is 28.0 Å². The van der Waals surface area contributed by atoms with Gasteiger partial charge in [-0.15, -0.1) is 0 Å². The molecule has 0 fully saturated rings. The first kappa shape index (κ1) is 22.7. The normalized spacial score (nSPS) is 15.8. The number of carbonyl (C=O) groups excluding carboxylic acids is 1. The SMILES string of the molecule is COc1ccc(C2NC(=O)N(c3ccc(C)cc3)C(C)=C2c2nc(-c3cccc(Cl)c3)no2)cc1. The van der Waals surface area contributed by atoms with Crippen molar-refractivity contribution >= 4 is 28.9 Å². The lowest BCUT2D eigenvalue weighted by atomic mass is 9.94. The highest BCUT2D eigenvalue weighted by molar-refractivity contribution is 6.30. The number of benzene rings is 3. The lowest BCUT2D eigenvalue weighted by Gasteiger charge is -2.35. The molecule has 7 nitrogen and oxygen atoms in total. The van der Waals surface area contributed by atoms with E-state index in [1.54, 1.807) is 24.1 Å². The van der Waals surface area contributed by atoms with Crippen LogP contribution in [0.5, 0.6) is 5.75 Å². The molecule has 0 radical (unpaired) electrons. The molecule has 35 heavy (non-hydrogen) atoms. The zero-order chi connectivity index (χ0) is 24.5. The number of carbonyl (C=O) groups is 1. The van der Waals surface area contributed by atoms with E-state index in [1.807, 2.05) is 74.5 Å². The first-order valence-corrected chi connectivity index (χ1v) is 11.4. The molecule has 3 aromatic carbocycles. The zero-order valence-electron chi connectivity index (χ0n) is 19.4. The molecule has 1 unspecified atom stereocenters. The zero-order valence-corrected chi connectivity index (χ0v) is 20.2. The molecule has 0 saturated heterocycles. The first-order valence-electron chi connectivity index (χ1n) is 11.1. The molecule has 1 aliphatic heterocycles. The molecule has 8 heteroatoms. The molecule has 2 heterocycles. The third kappa shape index (κ3) is 4.38. The molecule has 176 valence electrons. The Morgan fingerprint density at radius 1 is 1.03 bits per heavy atom. The van der Waals surface area contributed by atoms with E-state index in [-0.39, 0.29) is 6.03 Å². The number of methoxy groups -OCH3 is 1. The number of nitrogens with one attached hydrogen (secondary N) is 1. The van der Waals surface area contributed by atoms with Gasteiger partial charge in [0.2, 0.25) is 5.82 Å². The van der Waals surface area contributed by atoms with Gasteiger partial charge in [0.15, 0.2) is 0 Å². The van der Waals surface area contributed by atoms with Crippen LogP contribution in [0.15, 0.2) is 83.0 Å². The smallest absolute Gasteiger partial charge is 0.326 e. The number of rotatable bonds is 5. The number of urea groups is 1. The third-order valence-corrected chi connectivity index (χ3v) is 6.20. The van der Waals surface area contributed by atoms with E-state index in [2.05, 4.69) is 15.5 Å². The number of amides is 2. The van der Waals surface area contributed by atoms with E-state index in [0.717, 1.165) is 28.1 Å². The highest BCUT2D eigenvalue weighted by Gasteiger charge is 2.36. The molecule has 4 aromatic rings. The molecule has 0 bridgehead atoms. The molecule has 0 saturated carbocycles. The Morgan fingerprint density at radius 3 is 2.46 bits per heavy atom. The second kappa shape index (κ2) is 9.27. The van der Waals surface area contributed by atoms with Crippen LogP contribution in [0.4, 0.5) is 10.5 Å². The van der Waals surface area contributed by atoms with Crippen LogP contribution < -0.4 is 15.0 Å². The van der Waals surface area contributed by atoms with Gasteiger partial charge < -0.3 is 14.6 Å². The van der Waals surface area contributed by atoms with Crippen molar-refractivity contribution in [2.24, 2.45) is 0 Å². The number of ether oxygens (including phenoxy) is 1. The van der Waals surface area contributed by atoms with Gasteiger partial charge in [0.1, 0.15) is 5.75 Å². The maximum absolute atomic E-state index is 13.3. The van der Waals surface area contributed by atoms with Gasteiger partial charge in [0, 0.05) is 16.3 Å². The lowest BCUT2D eigenvalue weighted by molar-refractivity contribution is 0.244. The quantitative estimate of drug-likeness (QED) is 0.352. The fourth-order valence-electron chi connectivity index (χ4n) is 4.15. The summed E-state index contributed by atoms with van der Waals surface area (Å²) in [4.78, 5) is 19.6. The number of anilines is 1. The maximum atomic E-state index is 13.3. The van der Waals surface area contributed by atoms with Crippen molar-refractivity contribution in [2.75, 3.05) is 12.0 Å². The number of nitrogens with zero attached hydrogens (tertiary/aromatic N) is 3. The lowest BCUT2D eigenvalue weighted by Crippen LogP contribution is -2.46. The monoisotopic (exact) mass is 486 g/mol. The van der Waals surface area contributed by atoms with Gasteiger partial charge in [-0.1, -0.05) is 58.7 Å². The van der Waals surface area contributed by atoms with Crippen molar-refractivity contribution in [1.29, 1.82) is 0 Å². The standard InChI is InChI=1S/C27H23ClN4O3/c1-16-7-11-21(12-8-16)32-17(2)23(24(29-27(32)33)18-9-13-22(34-3)14-10-18)26-30-25(31-35-26)19-5-4-6-20(28)15-19/h4-15,24H,1-3H3,(H,29,33). The minimum atomic E-state index is -0.497. The van der Waals surface area contributed by atoms with E-state index < -0.39 is 6.04 Å². The van der Waals surface area contributed by atoms with Crippen molar-refractivity contribution in [2.45, 2.75) is 19.9 Å². The summed E-state index contributed by atoms with van der Waals surface area (Å²) in [5.41, 5.74) is 4.84. The van der Waals surface area contributed by atoms with Gasteiger partial charge in [0.25, 0.3) is 5.89 Å². The largest absolute Gasteiger partial charge is 0.497 e. The first-order chi connectivity index (χ1) is 16.9. The number of hydrogen-bond acceptors (Lipinski definition) is 5. The van der Waals surface area contributed by atoms with Crippen molar-refractivity contribution in [3.8, 4) is 17.1 Å². The number of allylic oxidation sites excluding steroid dienone is 1. The van der Waals surface area contributed by atoms with Crippen LogP contribution in [0.25, 0.3) is 17.0 Å².